The number of carboxylic acid groups (broad SMARTS) is 1. The van der Waals surface area contributed by atoms with Crippen LogP contribution in [0.25, 0.3) is 10.6 Å². The Balaban J connectivity index is 1.83. The highest BCUT2D eigenvalue weighted by atomic mass is 32.1. The fourth-order valence-corrected chi connectivity index (χ4v) is 3.65. The number of carbonyl (C=O) groups excluding carboxylic acids is 1. The van der Waals surface area contributed by atoms with Gasteiger partial charge in [-0.05, 0) is 50.5 Å². The van der Waals surface area contributed by atoms with E-state index in [-0.39, 0.29) is 5.91 Å². The van der Waals surface area contributed by atoms with E-state index in [0.29, 0.717) is 17.8 Å². The van der Waals surface area contributed by atoms with Crippen LogP contribution in [0.2, 0.25) is 0 Å². The van der Waals surface area contributed by atoms with Gasteiger partial charge >= 0.3 is 5.97 Å². The third kappa shape index (κ3) is 2.78. The molecule has 1 atom stereocenters. The molecule has 0 saturated carbocycles. The first kappa shape index (κ1) is 14.8. The number of hydrogen-bond donors (Lipinski definition) is 1. The van der Waals surface area contributed by atoms with Crippen LogP contribution in [0.3, 0.4) is 0 Å². The van der Waals surface area contributed by atoms with Gasteiger partial charge in [0.15, 0.2) is 0 Å². The molecule has 1 fully saturated rings. The molecule has 1 aliphatic rings. The number of carbonyl (C=O) groups is 2. The summed E-state index contributed by atoms with van der Waals surface area (Å²) in [6.07, 6.45) is 2.23. The van der Waals surface area contributed by atoms with Crippen LogP contribution in [-0.4, -0.2) is 34.5 Å². The van der Waals surface area contributed by atoms with Crippen molar-refractivity contribution in [1.82, 2.24) is 4.90 Å². The van der Waals surface area contributed by atoms with Crippen molar-refractivity contribution >= 4 is 23.2 Å². The molecule has 1 aliphatic heterocycles. The number of amides is 1. The molecule has 0 aliphatic carbocycles. The monoisotopic (exact) mass is 319 g/mol. The van der Waals surface area contributed by atoms with Crippen LogP contribution in [-0.2, 0) is 4.79 Å². The van der Waals surface area contributed by atoms with Gasteiger partial charge in [0.25, 0.3) is 5.91 Å². The third-order valence-electron chi connectivity index (χ3n) is 3.85. The summed E-state index contributed by atoms with van der Waals surface area (Å²) in [5.41, 5.74) is 0. The lowest BCUT2D eigenvalue weighted by atomic mass is 10.0. The highest BCUT2D eigenvalue weighted by molar-refractivity contribution is 7.17. The Morgan fingerprint density at radius 3 is 2.77 bits per heavy atom. The van der Waals surface area contributed by atoms with Gasteiger partial charge in [0.05, 0.1) is 9.75 Å². The van der Waals surface area contributed by atoms with E-state index in [2.05, 4.69) is 0 Å². The van der Waals surface area contributed by atoms with E-state index in [1.54, 1.807) is 6.07 Å². The fraction of sp³-hybridized carbons (Fsp3) is 0.375. The van der Waals surface area contributed by atoms with Crippen LogP contribution in [0.15, 0.2) is 28.7 Å². The van der Waals surface area contributed by atoms with Crippen LogP contribution in [0.1, 0.15) is 34.7 Å². The lowest BCUT2D eigenvalue weighted by Crippen LogP contribution is -2.47. The van der Waals surface area contributed by atoms with E-state index in [4.69, 9.17) is 4.42 Å². The van der Waals surface area contributed by atoms with Gasteiger partial charge in [0.2, 0.25) is 0 Å². The summed E-state index contributed by atoms with van der Waals surface area (Å²) in [6.45, 7) is 2.37. The number of aliphatic carboxylic acids is 1. The molecule has 0 spiro atoms. The average Bonchev–Trinajstić information content (AvgIpc) is 3.15. The maximum Gasteiger partial charge on any atom is 0.326 e. The van der Waals surface area contributed by atoms with Crippen molar-refractivity contribution in [3.63, 3.8) is 0 Å². The Kier molecular flexibility index (Phi) is 4.02. The normalized spacial score (nSPS) is 18.4. The van der Waals surface area contributed by atoms with Crippen molar-refractivity contribution in [2.75, 3.05) is 6.54 Å². The summed E-state index contributed by atoms with van der Waals surface area (Å²) in [4.78, 5) is 26.8. The Hall–Kier alpha value is -2.08. The molecule has 0 aromatic carbocycles. The zero-order valence-electron chi connectivity index (χ0n) is 12.2. The molecule has 6 heteroatoms. The van der Waals surface area contributed by atoms with E-state index in [1.807, 2.05) is 25.1 Å². The third-order valence-corrected chi connectivity index (χ3v) is 4.94. The number of furan rings is 1. The highest BCUT2D eigenvalue weighted by Gasteiger charge is 2.33. The Labute approximate surface area is 132 Å². The van der Waals surface area contributed by atoms with E-state index < -0.39 is 12.0 Å². The van der Waals surface area contributed by atoms with E-state index in [9.17, 15) is 14.7 Å². The number of thiophene rings is 1. The summed E-state index contributed by atoms with van der Waals surface area (Å²) in [6, 6.07) is 6.62. The molecule has 3 heterocycles. The first-order valence-electron chi connectivity index (χ1n) is 7.26. The number of rotatable bonds is 3. The molecule has 0 bridgehead atoms. The van der Waals surface area contributed by atoms with Crippen molar-refractivity contribution in [3.05, 3.63) is 34.9 Å². The summed E-state index contributed by atoms with van der Waals surface area (Å²) in [5, 5.41) is 9.28. The highest BCUT2D eigenvalue weighted by Crippen LogP contribution is 2.31. The van der Waals surface area contributed by atoms with Crippen molar-refractivity contribution in [2.24, 2.45) is 0 Å². The molecule has 5 nitrogen and oxygen atoms in total. The number of carboxylic acids is 1. The summed E-state index contributed by atoms with van der Waals surface area (Å²) >= 11 is 1.34. The Morgan fingerprint density at radius 1 is 1.27 bits per heavy atom. The standard InChI is InChI=1S/C16H17NO4S/c1-10-5-6-12(21-10)13-7-8-14(22-13)15(18)17-9-3-2-4-11(17)16(19)20/h5-8,11H,2-4,9H2,1H3,(H,19,20)/t11-/m1/s1. The predicted octanol–water partition coefficient (Wildman–Crippen LogP) is 3.40. The van der Waals surface area contributed by atoms with E-state index in [1.165, 1.54) is 16.2 Å². The van der Waals surface area contributed by atoms with Gasteiger partial charge in [-0.1, -0.05) is 0 Å². The minimum absolute atomic E-state index is 0.202. The van der Waals surface area contributed by atoms with Crippen LogP contribution in [0.5, 0.6) is 0 Å². The molecule has 22 heavy (non-hydrogen) atoms. The number of piperidine rings is 1. The Bertz CT molecular complexity index is 703. The maximum absolute atomic E-state index is 12.6. The van der Waals surface area contributed by atoms with Gasteiger partial charge in [-0.3, -0.25) is 4.79 Å². The largest absolute Gasteiger partial charge is 0.480 e. The van der Waals surface area contributed by atoms with Crippen LogP contribution < -0.4 is 0 Å². The molecule has 0 radical (unpaired) electrons. The SMILES string of the molecule is Cc1ccc(-c2ccc(C(=O)N3CCCC[C@@H]3C(=O)O)s2)o1. The second-order valence-corrected chi connectivity index (χ2v) is 6.51. The topological polar surface area (TPSA) is 70.8 Å². The van der Waals surface area contributed by atoms with Gasteiger partial charge in [-0.15, -0.1) is 11.3 Å². The molecule has 3 rings (SSSR count). The molecule has 2 aromatic heterocycles. The van der Waals surface area contributed by atoms with Crippen molar-refractivity contribution < 1.29 is 19.1 Å². The van der Waals surface area contributed by atoms with Gasteiger partial charge < -0.3 is 14.4 Å². The number of hydrogen-bond acceptors (Lipinski definition) is 4. The number of likely N-dealkylation sites (tertiary alicyclic amines) is 1. The number of aryl methyl sites for hydroxylation is 1. The predicted molar refractivity (Wildman–Crippen MR) is 83.1 cm³/mol. The van der Waals surface area contributed by atoms with Gasteiger partial charge in [-0.25, -0.2) is 4.79 Å². The maximum atomic E-state index is 12.6. The summed E-state index contributed by atoms with van der Waals surface area (Å²) < 4.78 is 5.56. The lowest BCUT2D eigenvalue weighted by molar-refractivity contribution is -0.143. The molecule has 0 unspecified atom stereocenters. The first-order valence-corrected chi connectivity index (χ1v) is 8.08. The van der Waals surface area contributed by atoms with Crippen molar-refractivity contribution in [3.8, 4) is 10.6 Å². The molecule has 1 saturated heterocycles. The summed E-state index contributed by atoms with van der Waals surface area (Å²) in [5.74, 6) is 0.423. The van der Waals surface area contributed by atoms with Crippen molar-refractivity contribution in [1.29, 1.82) is 0 Å². The molecular formula is C16H17NO4S. The van der Waals surface area contributed by atoms with Crippen LogP contribution in [0.4, 0.5) is 0 Å². The quantitative estimate of drug-likeness (QED) is 0.941. The van der Waals surface area contributed by atoms with E-state index in [0.717, 1.165) is 29.2 Å². The van der Waals surface area contributed by atoms with Crippen LogP contribution >= 0.6 is 11.3 Å². The smallest absolute Gasteiger partial charge is 0.326 e. The zero-order valence-corrected chi connectivity index (χ0v) is 13.1. The first-order chi connectivity index (χ1) is 10.6. The van der Waals surface area contributed by atoms with Crippen molar-refractivity contribution in [2.45, 2.75) is 32.2 Å². The van der Waals surface area contributed by atoms with Gasteiger partial charge in [-0.2, -0.15) is 0 Å². The van der Waals surface area contributed by atoms with Crippen LogP contribution in [0, 0.1) is 6.92 Å². The second-order valence-electron chi connectivity index (χ2n) is 5.42. The Morgan fingerprint density at radius 2 is 2.09 bits per heavy atom. The lowest BCUT2D eigenvalue weighted by Gasteiger charge is -2.32. The fourth-order valence-electron chi connectivity index (χ4n) is 2.73. The number of nitrogens with zero attached hydrogens (tertiary/aromatic N) is 1. The van der Waals surface area contributed by atoms with Gasteiger partial charge in [0, 0.05) is 6.54 Å². The minimum atomic E-state index is -0.925. The second kappa shape index (κ2) is 5.96. The zero-order chi connectivity index (χ0) is 15.7. The average molecular weight is 319 g/mol. The molecule has 1 amide bonds. The minimum Gasteiger partial charge on any atom is -0.480 e. The molecular weight excluding hydrogens is 302 g/mol. The van der Waals surface area contributed by atoms with E-state index >= 15 is 0 Å². The molecule has 2 aromatic rings. The molecule has 116 valence electrons. The molecule has 1 N–H and O–H groups in total. The van der Waals surface area contributed by atoms with Gasteiger partial charge in [0.1, 0.15) is 17.6 Å². The summed E-state index contributed by atoms with van der Waals surface area (Å²) in [7, 11) is 0.